The second kappa shape index (κ2) is 6.71. The quantitative estimate of drug-likeness (QED) is 0.833. The lowest BCUT2D eigenvalue weighted by atomic mass is 9.91. The largest absolute Gasteiger partial charge is 0.494 e. The fraction of sp³-hybridized carbons (Fsp3) is 0.500. The molecule has 2 rings (SSSR count). The number of nitrogens with two attached hydrogens (primary N) is 1. The van der Waals surface area contributed by atoms with Crippen LogP contribution in [0, 0.1) is 5.82 Å². The van der Waals surface area contributed by atoms with Crippen molar-refractivity contribution >= 4 is 0 Å². The first-order valence-corrected chi connectivity index (χ1v) is 7.00. The Hall–Kier alpha value is -1.35. The molecule has 0 aromatic heterocycles. The summed E-state index contributed by atoms with van der Waals surface area (Å²) in [6, 6.07) is 4.74. The van der Waals surface area contributed by atoms with Crippen LogP contribution in [0.5, 0.6) is 5.75 Å². The van der Waals surface area contributed by atoms with Crippen LogP contribution in [-0.2, 0) is 0 Å². The molecule has 19 heavy (non-hydrogen) atoms. The van der Waals surface area contributed by atoms with Crippen molar-refractivity contribution in [1.82, 2.24) is 0 Å². The number of ether oxygens (including phenoxy) is 1. The summed E-state index contributed by atoms with van der Waals surface area (Å²) in [5, 5.41) is 0. The van der Waals surface area contributed by atoms with Gasteiger partial charge in [-0.3, -0.25) is 0 Å². The number of rotatable bonds is 3. The highest BCUT2D eigenvalue weighted by molar-refractivity contribution is 5.35. The van der Waals surface area contributed by atoms with E-state index in [1.807, 2.05) is 0 Å². The molecule has 1 unspecified atom stereocenters. The minimum Gasteiger partial charge on any atom is -0.494 e. The van der Waals surface area contributed by atoms with Crippen LogP contribution < -0.4 is 10.5 Å². The molecule has 0 amide bonds. The topological polar surface area (TPSA) is 35.2 Å². The summed E-state index contributed by atoms with van der Waals surface area (Å²) < 4.78 is 18.4. The summed E-state index contributed by atoms with van der Waals surface area (Å²) >= 11 is 0. The fourth-order valence-electron chi connectivity index (χ4n) is 2.58. The third-order valence-electron chi connectivity index (χ3n) is 3.76. The number of hydrogen-bond donors (Lipinski definition) is 1. The molecule has 1 aliphatic carbocycles. The average molecular weight is 263 g/mol. The van der Waals surface area contributed by atoms with Gasteiger partial charge in [0.15, 0.2) is 11.6 Å². The molecule has 0 saturated carbocycles. The Bertz CT molecular complexity index is 456. The minimum atomic E-state index is -0.343. The summed E-state index contributed by atoms with van der Waals surface area (Å²) in [5.74, 6) is -0.0792. The van der Waals surface area contributed by atoms with Crippen LogP contribution in [0.25, 0.3) is 0 Å². The van der Waals surface area contributed by atoms with E-state index in [9.17, 15) is 4.39 Å². The molecule has 0 heterocycles. The molecule has 3 heteroatoms. The molecule has 1 aromatic carbocycles. The monoisotopic (exact) mass is 263 g/mol. The van der Waals surface area contributed by atoms with Gasteiger partial charge in [0.05, 0.1) is 13.2 Å². The number of benzene rings is 1. The van der Waals surface area contributed by atoms with E-state index in [1.54, 1.807) is 12.1 Å². The third kappa shape index (κ3) is 3.57. The number of hydrogen-bond acceptors (Lipinski definition) is 2. The van der Waals surface area contributed by atoms with E-state index >= 15 is 0 Å². The lowest BCUT2D eigenvalue weighted by Gasteiger charge is -2.19. The van der Waals surface area contributed by atoms with Crippen LogP contribution >= 0.6 is 0 Å². The number of allylic oxidation sites excluding steroid dienone is 1. The van der Waals surface area contributed by atoms with Crippen molar-refractivity contribution in [3.8, 4) is 5.75 Å². The molecular formula is C16H22FNO. The van der Waals surface area contributed by atoms with Gasteiger partial charge in [-0.25, -0.2) is 4.39 Å². The van der Waals surface area contributed by atoms with Crippen molar-refractivity contribution in [3.05, 3.63) is 41.2 Å². The predicted octanol–water partition coefficient (Wildman–Crippen LogP) is 4.11. The van der Waals surface area contributed by atoms with Crippen LogP contribution in [0.4, 0.5) is 4.39 Å². The van der Waals surface area contributed by atoms with E-state index in [1.165, 1.54) is 44.4 Å². The Morgan fingerprint density at radius 3 is 2.79 bits per heavy atom. The van der Waals surface area contributed by atoms with Crippen LogP contribution in [0.3, 0.4) is 0 Å². The molecule has 0 aliphatic heterocycles. The van der Waals surface area contributed by atoms with Gasteiger partial charge in [0.25, 0.3) is 0 Å². The second-order valence-electron chi connectivity index (χ2n) is 5.10. The highest BCUT2D eigenvalue weighted by Gasteiger charge is 2.15. The number of halogens is 1. The Labute approximate surface area is 114 Å². The molecule has 104 valence electrons. The molecule has 2 nitrogen and oxygen atoms in total. The van der Waals surface area contributed by atoms with Crippen molar-refractivity contribution in [1.29, 1.82) is 0 Å². The van der Waals surface area contributed by atoms with Gasteiger partial charge in [-0.05, 0) is 43.4 Å². The van der Waals surface area contributed by atoms with Crippen molar-refractivity contribution in [2.45, 2.75) is 44.6 Å². The zero-order chi connectivity index (χ0) is 13.7. The summed E-state index contributed by atoms with van der Waals surface area (Å²) in [6.45, 7) is 0. The Balaban J connectivity index is 2.19. The maximum atomic E-state index is 13.4. The van der Waals surface area contributed by atoms with E-state index in [4.69, 9.17) is 10.5 Å². The van der Waals surface area contributed by atoms with Crippen LogP contribution in [0.1, 0.15) is 50.1 Å². The summed E-state index contributed by atoms with van der Waals surface area (Å²) in [5.41, 5.74) is 8.51. The Morgan fingerprint density at radius 2 is 2.00 bits per heavy atom. The SMILES string of the molecule is COc1cc(C(N)/C2=C/CCCCCC2)ccc1F. The van der Waals surface area contributed by atoms with E-state index in [-0.39, 0.29) is 17.6 Å². The van der Waals surface area contributed by atoms with Crippen molar-refractivity contribution in [3.63, 3.8) is 0 Å². The van der Waals surface area contributed by atoms with E-state index in [0.717, 1.165) is 18.4 Å². The first kappa shape index (κ1) is 14.1. The Morgan fingerprint density at radius 1 is 1.21 bits per heavy atom. The molecule has 0 radical (unpaired) electrons. The maximum absolute atomic E-state index is 13.4. The lowest BCUT2D eigenvalue weighted by molar-refractivity contribution is 0.385. The first-order chi connectivity index (χ1) is 9.22. The predicted molar refractivity (Wildman–Crippen MR) is 75.7 cm³/mol. The van der Waals surface area contributed by atoms with E-state index in [0.29, 0.717) is 0 Å². The molecule has 1 aliphatic rings. The van der Waals surface area contributed by atoms with Gasteiger partial charge in [0.2, 0.25) is 0 Å². The van der Waals surface area contributed by atoms with Crippen molar-refractivity contribution in [2.24, 2.45) is 5.73 Å². The van der Waals surface area contributed by atoms with Gasteiger partial charge in [0, 0.05) is 0 Å². The van der Waals surface area contributed by atoms with E-state index in [2.05, 4.69) is 6.08 Å². The standard InChI is InChI=1S/C16H22FNO/c1-19-15-11-13(9-10-14(15)17)16(18)12-7-5-3-2-4-6-8-12/h7,9-11,16H,2-6,8,18H2,1H3/b12-7+. The van der Waals surface area contributed by atoms with Crippen molar-refractivity contribution < 1.29 is 9.13 Å². The molecule has 0 fully saturated rings. The zero-order valence-electron chi connectivity index (χ0n) is 11.5. The fourth-order valence-corrected chi connectivity index (χ4v) is 2.58. The smallest absolute Gasteiger partial charge is 0.165 e. The summed E-state index contributed by atoms with van der Waals surface area (Å²) in [6.07, 6.45) is 9.42. The molecule has 2 N–H and O–H groups in total. The molecule has 0 spiro atoms. The first-order valence-electron chi connectivity index (χ1n) is 7.00. The van der Waals surface area contributed by atoms with Crippen LogP contribution in [0.2, 0.25) is 0 Å². The highest BCUT2D eigenvalue weighted by Crippen LogP contribution is 2.29. The molecular weight excluding hydrogens is 241 g/mol. The second-order valence-corrected chi connectivity index (χ2v) is 5.10. The van der Waals surface area contributed by atoms with Gasteiger partial charge < -0.3 is 10.5 Å². The van der Waals surface area contributed by atoms with Crippen LogP contribution in [-0.4, -0.2) is 7.11 Å². The number of methoxy groups -OCH3 is 1. The molecule has 1 atom stereocenters. The third-order valence-corrected chi connectivity index (χ3v) is 3.76. The maximum Gasteiger partial charge on any atom is 0.165 e. The van der Waals surface area contributed by atoms with Gasteiger partial charge in [-0.2, -0.15) is 0 Å². The average Bonchev–Trinajstić information content (AvgIpc) is 2.38. The normalized spacial score (nSPS) is 20.9. The van der Waals surface area contributed by atoms with Gasteiger partial charge in [0.1, 0.15) is 0 Å². The van der Waals surface area contributed by atoms with Crippen molar-refractivity contribution in [2.75, 3.05) is 7.11 Å². The molecule has 1 aromatic rings. The zero-order valence-corrected chi connectivity index (χ0v) is 11.5. The minimum absolute atomic E-state index is 0.146. The Kier molecular flexibility index (Phi) is 4.97. The van der Waals surface area contributed by atoms with Gasteiger partial charge >= 0.3 is 0 Å². The summed E-state index contributed by atoms with van der Waals surface area (Å²) in [7, 11) is 1.47. The highest BCUT2D eigenvalue weighted by atomic mass is 19.1. The molecule has 0 saturated heterocycles. The van der Waals surface area contributed by atoms with E-state index < -0.39 is 0 Å². The van der Waals surface area contributed by atoms with Gasteiger partial charge in [-0.15, -0.1) is 0 Å². The van der Waals surface area contributed by atoms with Gasteiger partial charge in [-0.1, -0.05) is 30.6 Å². The van der Waals surface area contributed by atoms with Crippen LogP contribution in [0.15, 0.2) is 29.8 Å². The molecule has 0 bridgehead atoms. The lowest BCUT2D eigenvalue weighted by Crippen LogP contribution is -2.14. The summed E-state index contributed by atoms with van der Waals surface area (Å²) in [4.78, 5) is 0.